The Kier molecular flexibility index (Phi) is 5.49. The molecular formula is C18H13ClF3NO4S. The molecule has 1 aromatic heterocycles. The number of carbonyl (C=O) groups excluding carboxylic acids is 1. The molecule has 0 amide bonds. The van der Waals surface area contributed by atoms with E-state index in [2.05, 4.69) is 4.74 Å². The van der Waals surface area contributed by atoms with Gasteiger partial charge in [-0.3, -0.25) is 4.79 Å². The molecule has 10 heteroatoms. The zero-order valence-corrected chi connectivity index (χ0v) is 16.1. The summed E-state index contributed by atoms with van der Waals surface area (Å²) < 4.78 is 49.4. The third-order valence-corrected chi connectivity index (χ3v) is 5.29. The van der Waals surface area contributed by atoms with Crippen molar-refractivity contribution in [1.29, 1.82) is 0 Å². The molecule has 3 rings (SSSR count). The Hall–Kier alpha value is -2.39. The van der Waals surface area contributed by atoms with Gasteiger partial charge in [0.25, 0.3) is 0 Å². The topological polar surface area (TPSA) is 61.4 Å². The predicted octanol–water partition coefficient (Wildman–Crippen LogP) is 4.91. The van der Waals surface area contributed by atoms with Crippen LogP contribution in [0, 0.1) is 0 Å². The zero-order valence-electron chi connectivity index (χ0n) is 14.5. The minimum atomic E-state index is -4.55. The average molecular weight is 432 g/mol. The number of thioether (sulfide) groups is 1. The summed E-state index contributed by atoms with van der Waals surface area (Å²) in [4.78, 5) is 24.5. The van der Waals surface area contributed by atoms with Crippen LogP contribution < -0.4 is 5.76 Å². The lowest BCUT2D eigenvalue weighted by Gasteiger charge is -2.10. The SMILES string of the molecule is COC(=O)C(C)Sc1ccc2c(c1)oc(=O)n2-c1ccc(C(F)(F)F)cc1Cl. The molecular weight excluding hydrogens is 419 g/mol. The van der Waals surface area contributed by atoms with E-state index in [9.17, 15) is 22.8 Å². The molecule has 0 saturated carbocycles. The Morgan fingerprint density at radius 3 is 2.57 bits per heavy atom. The number of fused-ring (bicyclic) bond motifs is 1. The second-order valence-corrected chi connectivity index (χ2v) is 7.60. The van der Waals surface area contributed by atoms with Crippen LogP contribution >= 0.6 is 23.4 Å². The lowest BCUT2D eigenvalue weighted by Crippen LogP contribution is -2.14. The summed E-state index contributed by atoms with van der Waals surface area (Å²) in [6, 6.07) is 7.51. The van der Waals surface area contributed by atoms with Crippen LogP contribution in [0.4, 0.5) is 13.2 Å². The fourth-order valence-corrected chi connectivity index (χ4v) is 3.77. The van der Waals surface area contributed by atoms with Crippen molar-refractivity contribution < 1.29 is 27.1 Å². The van der Waals surface area contributed by atoms with Crippen LogP contribution in [-0.2, 0) is 15.7 Å². The summed E-state index contributed by atoms with van der Waals surface area (Å²) >= 11 is 7.21. The molecule has 28 heavy (non-hydrogen) atoms. The van der Waals surface area contributed by atoms with E-state index in [-0.39, 0.29) is 16.3 Å². The van der Waals surface area contributed by atoms with Crippen molar-refractivity contribution in [3.05, 3.63) is 57.5 Å². The van der Waals surface area contributed by atoms with Gasteiger partial charge < -0.3 is 9.15 Å². The number of hydrogen-bond donors (Lipinski definition) is 0. The largest absolute Gasteiger partial charge is 0.468 e. The number of halogens is 4. The quantitative estimate of drug-likeness (QED) is 0.434. The third kappa shape index (κ3) is 3.90. The van der Waals surface area contributed by atoms with Gasteiger partial charge in [-0.05, 0) is 43.3 Å². The first kappa shape index (κ1) is 20.3. The lowest BCUT2D eigenvalue weighted by atomic mass is 10.2. The summed E-state index contributed by atoms with van der Waals surface area (Å²) in [6.07, 6.45) is -4.55. The van der Waals surface area contributed by atoms with Gasteiger partial charge in [-0.1, -0.05) is 11.6 Å². The minimum Gasteiger partial charge on any atom is -0.468 e. The van der Waals surface area contributed by atoms with Gasteiger partial charge in [0.1, 0.15) is 5.25 Å². The van der Waals surface area contributed by atoms with Gasteiger partial charge in [0.05, 0.1) is 28.9 Å². The predicted molar refractivity (Wildman–Crippen MR) is 99.2 cm³/mol. The van der Waals surface area contributed by atoms with E-state index >= 15 is 0 Å². The van der Waals surface area contributed by atoms with E-state index < -0.39 is 28.7 Å². The Morgan fingerprint density at radius 2 is 1.96 bits per heavy atom. The number of aromatic nitrogens is 1. The maximum atomic E-state index is 12.8. The number of oxazole rings is 1. The number of ether oxygens (including phenoxy) is 1. The number of carbonyl (C=O) groups is 1. The first-order valence-corrected chi connectivity index (χ1v) is 9.15. The molecule has 0 N–H and O–H groups in total. The van der Waals surface area contributed by atoms with Crippen LogP contribution in [0.2, 0.25) is 5.02 Å². The summed E-state index contributed by atoms with van der Waals surface area (Å²) in [7, 11) is 1.29. The van der Waals surface area contributed by atoms with Crippen molar-refractivity contribution in [2.24, 2.45) is 0 Å². The zero-order chi connectivity index (χ0) is 20.6. The number of alkyl halides is 3. The van der Waals surface area contributed by atoms with Crippen LogP contribution in [0.15, 0.2) is 50.5 Å². The molecule has 0 fully saturated rings. The molecule has 0 aliphatic heterocycles. The molecule has 5 nitrogen and oxygen atoms in total. The minimum absolute atomic E-state index is 0.0711. The van der Waals surface area contributed by atoms with Gasteiger partial charge in [-0.15, -0.1) is 11.8 Å². The molecule has 1 atom stereocenters. The normalized spacial score (nSPS) is 12.9. The van der Waals surface area contributed by atoms with Crippen molar-refractivity contribution in [2.45, 2.75) is 23.2 Å². The maximum Gasteiger partial charge on any atom is 0.424 e. The van der Waals surface area contributed by atoms with Gasteiger partial charge in [0.2, 0.25) is 0 Å². The fourth-order valence-electron chi connectivity index (χ4n) is 2.58. The van der Waals surface area contributed by atoms with Crippen LogP contribution in [-0.4, -0.2) is 22.9 Å². The monoisotopic (exact) mass is 431 g/mol. The molecule has 0 bridgehead atoms. The van der Waals surface area contributed by atoms with E-state index in [0.29, 0.717) is 10.4 Å². The number of methoxy groups -OCH3 is 1. The van der Waals surface area contributed by atoms with Crippen molar-refractivity contribution in [3.63, 3.8) is 0 Å². The summed E-state index contributed by atoms with van der Waals surface area (Å²) in [6.45, 7) is 1.67. The van der Waals surface area contributed by atoms with E-state index in [1.54, 1.807) is 25.1 Å². The second kappa shape index (κ2) is 7.56. The molecule has 2 aromatic carbocycles. The molecule has 0 radical (unpaired) electrons. The van der Waals surface area contributed by atoms with Crippen LogP contribution in [0.3, 0.4) is 0 Å². The highest BCUT2D eigenvalue weighted by Crippen LogP contribution is 2.34. The van der Waals surface area contributed by atoms with Gasteiger partial charge in [-0.25, -0.2) is 9.36 Å². The Balaban J connectivity index is 2.03. The van der Waals surface area contributed by atoms with Gasteiger partial charge in [0.15, 0.2) is 5.58 Å². The first-order valence-electron chi connectivity index (χ1n) is 7.89. The molecule has 3 aromatic rings. The Labute approximate surface area is 166 Å². The molecule has 0 aliphatic rings. The third-order valence-electron chi connectivity index (χ3n) is 3.91. The standard InChI is InChI=1S/C18H13ClF3NO4S/c1-9(16(24)26-2)28-11-4-6-14-15(8-11)27-17(25)23(14)13-5-3-10(7-12(13)19)18(20,21)22/h3-9H,1-2H3. The van der Waals surface area contributed by atoms with Crippen LogP contribution in [0.1, 0.15) is 12.5 Å². The molecule has 0 spiro atoms. The van der Waals surface area contributed by atoms with E-state index in [1.807, 2.05) is 0 Å². The fraction of sp³-hybridized carbons (Fsp3) is 0.222. The van der Waals surface area contributed by atoms with E-state index in [0.717, 1.165) is 22.8 Å². The van der Waals surface area contributed by atoms with Crippen molar-refractivity contribution >= 4 is 40.4 Å². The van der Waals surface area contributed by atoms with Crippen molar-refractivity contribution in [2.75, 3.05) is 7.11 Å². The van der Waals surface area contributed by atoms with Crippen molar-refractivity contribution in [1.82, 2.24) is 4.57 Å². The summed E-state index contributed by atoms with van der Waals surface area (Å²) in [5.74, 6) is -1.19. The number of esters is 1. The number of hydrogen-bond acceptors (Lipinski definition) is 5. The van der Waals surface area contributed by atoms with Crippen LogP contribution in [0.5, 0.6) is 0 Å². The van der Waals surface area contributed by atoms with Gasteiger partial charge in [-0.2, -0.15) is 13.2 Å². The lowest BCUT2D eigenvalue weighted by molar-refractivity contribution is -0.139. The molecule has 1 unspecified atom stereocenters. The van der Waals surface area contributed by atoms with Gasteiger partial charge >= 0.3 is 17.9 Å². The highest BCUT2D eigenvalue weighted by atomic mass is 35.5. The van der Waals surface area contributed by atoms with Crippen LogP contribution in [0.25, 0.3) is 16.8 Å². The summed E-state index contributed by atoms with van der Waals surface area (Å²) in [5.41, 5.74) is -0.302. The first-order chi connectivity index (χ1) is 13.1. The Bertz CT molecular complexity index is 1110. The number of benzene rings is 2. The highest BCUT2D eigenvalue weighted by Gasteiger charge is 2.31. The summed E-state index contributed by atoms with van der Waals surface area (Å²) in [5, 5.41) is -0.710. The second-order valence-electron chi connectivity index (χ2n) is 5.78. The van der Waals surface area contributed by atoms with Gasteiger partial charge in [0, 0.05) is 4.90 Å². The highest BCUT2D eigenvalue weighted by molar-refractivity contribution is 8.00. The van der Waals surface area contributed by atoms with E-state index in [4.69, 9.17) is 16.0 Å². The molecule has 1 heterocycles. The van der Waals surface area contributed by atoms with E-state index in [1.165, 1.54) is 18.9 Å². The molecule has 0 aliphatic carbocycles. The average Bonchev–Trinajstić information content (AvgIpc) is 2.95. The number of nitrogens with zero attached hydrogens (tertiary/aromatic N) is 1. The number of rotatable bonds is 4. The molecule has 148 valence electrons. The molecule has 0 saturated heterocycles. The Morgan fingerprint density at radius 1 is 1.25 bits per heavy atom. The maximum absolute atomic E-state index is 12.8. The smallest absolute Gasteiger partial charge is 0.424 e. The van der Waals surface area contributed by atoms with Crippen molar-refractivity contribution in [3.8, 4) is 5.69 Å².